The maximum absolute atomic E-state index is 11.3. The van der Waals surface area contributed by atoms with Crippen LogP contribution in [0.2, 0.25) is 0 Å². The van der Waals surface area contributed by atoms with E-state index in [-0.39, 0.29) is 11.2 Å². The maximum Gasteiger partial charge on any atom is 0.188 e. The molecule has 100 valence electrons. The third-order valence-electron chi connectivity index (χ3n) is 2.80. The van der Waals surface area contributed by atoms with Crippen LogP contribution in [0.15, 0.2) is 4.99 Å². The van der Waals surface area contributed by atoms with Crippen LogP contribution in [0.3, 0.4) is 0 Å². The Morgan fingerprint density at radius 3 is 2.47 bits per heavy atom. The lowest BCUT2D eigenvalue weighted by atomic mass is 10.1. The first-order valence-electron chi connectivity index (χ1n) is 5.94. The fourth-order valence-electron chi connectivity index (χ4n) is 1.70. The van der Waals surface area contributed by atoms with E-state index in [1.807, 2.05) is 0 Å². The molecule has 0 aliphatic heterocycles. The normalized spacial score (nSPS) is 19.4. The van der Waals surface area contributed by atoms with Gasteiger partial charge < -0.3 is 11.1 Å². The minimum atomic E-state index is -2.92. The predicted octanol–water partition coefficient (Wildman–Crippen LogP) is 0.372. The molecule has 0 atom stereocenters. The molecule has 0 aromatic heterocycles. The lowest BCUT2D eigenvalue weighted by Gasteiger charge is -2.12. The van der Waals surface area contributed by atoms with Gasteiger partial charge in [-0.2, -0.15) is 0 Å². The number of nitrogens with two attached hydrogens (primary N) is 1. The maximum atomic E-state index is 11.3. The second kappa shape index (κ2) is 5.25. The fourth-order valence-corrected chi connectivity index (χ4v) is 3.19. The summed E-state index contributed by atoms with van der Waals surface area (Å²) in [6.07, 6.45) is 3.14. The lowest BCUT2D eigenvalue weighted by Crippen LogP contribution is -2.35. The summed E-state index contributed by atoms with van der Waals surface area (Å²) in [6, 6.07) is 0. The van der Waals surface area contributed by atoms with E-state index in [0.29, 0.717) is 18.4 Å². The topological polar surface area (TPSA) is 84.5 Å². The van der Waals surface area contributed by atoms with E-state index in [2.05, 4.69) is 24.2 Å². The molecule has 1 aliphatic rings. The second-order valence-electron chi connectivity index (χ2n) is 5.55. The largest absolute Gasteiger partial charge is 0.370 e. The highest BCUT2D eigenvalue weighted by molar-refractivity contribution is 7.90. The quantitative estimate of drug-likeness (QED) is 0.534. The Morgan fingerprint density at radius 2 is 2.06 bits per heavy atom. The molecule has 0 aromatic carbocycles. The van der Waals surface area contributed by atoms with Crippen LogP contribution in [0.5, 0.6) is 0 Å². The van der Waals surface area contributed by atoms with Gasteiger partial charge in [0.1, 0.15) is 9.84 Å². The Bertz CT molecular complexity index is 384. The zero-order chi connectivity index (χ0) is 13.1. The number of guanidine groups is 1. The molecule has 17 heavy (non-hydrogen) atoms. The Balaban J connectivity index is 2.41. The number of sulfone groups is 1. The van der Waals surface area contributed by atoms with Gasteiger partial charge in [0.15, 0.2) is 5.96 Å². The highest BCUT2D eigenvalue weighted by atomic mass is 32.2. The van der Waals surface area contributed by atoms with Crippen LogP contribution in [-0.2, 0) is 9.84 Å². The van der Waals surface area contributed by atoms with Gasteiger partial charge in [0.25, 0.3) is 0 Å². The molecule has 0 saturated heterocycles. The first kappa shape index (κ1) is 14.3. The summed E-state index contributed by atoms with van der Waals surface area (Å²) in [4.78, 5) is 4.23. The molecular formula is C11H23N3O2S. The Morgan fingerprint density at radius 1 is 1.47 bits per heavy atom. The summed E-state index contributed by atoms with van der Waals surface area (Å²) in [7, 11) is -2.92. The Kier molecular flexibility index (Phi) is 4.41. The van der Waals surface area contributed by atoms with Crippen molar-refractivity contribution in [3.63, 3.8) is 0 Å². The molecule has 6 heteroatoms. The number of aliphatic imine (C=N–C) groups is 1. The van der Waals surface area contributed by atoms with Gasteiger partial charge in [-0.1, -0.05) is 13.8 Å². The van der Waals surface area contributed by atoms with Crippen LogP contribution in [-0.4, -0.2) is 39.5 Å². The third kappa shape index (κ3) is 5.91. The van der Waals surface area contributed by atoms with Crippen molar-refractivity contribution in [3.05, 3.63) is 0 Å². The van der Waals surface area contributed by atoms with Crippen molar-refractivity contribution in [1.82, 2.24) is 5.32 Å². The van der Waals surface area contributed by atoms with Crippen LogP contribution >= 0.6 is 0 Å². The third-order valence-corrected chi connectivity index (χ3v) is 3.94. The van der Waals surface area contributed by atoms with Crippen LogP contribution < -0.4 is 11.1 Å². The second-order valence-corrected chi connectivity index (χ2v) is 7.69. The molecule has 1 fully saturated rings. The smallest absolute Gasteiger partial charge is 0.188 e. The van der Waals surface area contributed by atoms with E-state index in [4.69, 9.17) is 5.73 Å². The number of nitrogens with one attached hydrogen (secondary N) is 1. The van der Waals surface area contributed by atoms with Gasteiger partial charge >= 0.3 is 0 Å². The summed E-state index contributed by atoms with van der Waals surface area (Å²) in [6.45, 7) is 5.48. The van der Waals surface area contributed by atoms with Crippen molar-refractivity contribution in [1.29, 1.82) is 0 Å². The summed E-state index contributed by atoms with van der Waals surface area (Å²) < 4.78 is 22.5. The minimum absolute atomic E-state index is 0.141. The Labute approximate surface area is 104 Å². The number of hydrogen-bond donors (Lipinski definition) is 2. The van der Waals surface area contributed by atoms with Gasteiger partial charge in [0.05, 0.1) is 5.75 Å². The Hall–Kier alpha value is -0.780. The summed E-state index contributed by atoms with van der Waals surface area (Å²) >= 11 is 0. The fraction of sp³-hybridized carbons (Fsp3) is 0.909. The molecule has 5 nitrogen and oxygen atoms in total. The molecule has 0 bridgehead atoms. The van der Waals surface area contributed by atoms with Gasteiger partial charge in [-0.25, -0.2) is 8.42 Å². The molecule has 1 saturated carbocycles. The number of nitrogens with zero attached hydrogens (tertiary/aromatic N) is 1. The molecule has 1 aliphatic carbocycles. The average molecular weight is 261 g/mol. The van der Waals surface area contributed by atoms with E-state index in [9.17, 15) is 8.42 Å². The van der Waals surface area contributed by atoms with Crippen molar-refractivity contribution in [2.75, 3.05) is 25.1 Å². The molecular weight excluding hydrogens is 238 g/mol. The van der Waals surface area contributed by atoms with Crippen molar-refractivity contribution < 1.29 is 8.42 Å². The van der Waals surface area contributed by atoms with Crippen molar-refractivity contribution in [2.24, 2.45) is 22.1 Å². The van der Waals surface area contributed by atoms with Gasteiger partial charge in [-0.05, 0) is 18.8 Å². The van der Waals surface area contributed by atoms with Crippen LogP contribution in [0.25, 0.3) is 0 Å². The standard InChI is InChI=1S/C11H23N3O2S/c1-9(2)6-13-10(12)14-7-11(4-5-11)8-17(3,15)16/h9H,4-8H2,1-3H3,(H3,12,13,14). The molecule has 3 N–H and O–H groups in total. The molecule has 0 amide bonds. The number of hydrogen-bond acceptors (Lipinski definition) is 3. The van der Waals surface area contributed by atoms with E-state index >= 15 is 0 Å². The summed E-state index contributed by atoms with van der Waals surface area (Å²) in [5.41, 5.74) is 5.57. The van der Waals surface area contributed by atoms with Crippen molar-refractivity contribution >= 4 is 15.8 Å². The molecule has 0 aromatic rings. The van der Waals surface area contributed by atoms with Crippen molar-refractivity contribution in [3.8, 4) is 0 Å². The highest BCUT2D eigenvalue weighted by Crippen LogP contribution is 2.46. The van der Waals surface area contributed by atoms with E-state index in [1.54, 1.807) is 0 Å². The predicted molar refractivity (Wildman–Crippen MR) is 70.7 cm³/mol. The average Bonchev–Trinajstić information content (AvgIpc) is 2.89. The zero-order valence-electron chi connectivity index (χ0n) is 10.9. The monoisotopic (exact) mass is 261 g/mol. The van der Waals surface area contributed by atoms with Gasteiger partial charge in [0.2, 0.25) is 0 Å². The van der Waals surface area contributed by atoms with E-state index in [0.717, 1.165) is 19.4 Å². The van der Waals surface area contributed by atoms with Gasteiger partial charge in [-0.3, -0.25) is 4.99 Å². The summed E-state index contributed by atoms with van der Waals surface area (Å²) in [5.74, 6) is 1.15. The first-order valence-corrected chi connectivity index (χ1v) is 8.00. The minimum Gasteiger partial charge on any atom is -0.370 e. The molecule has 0 spiro atoms. The number of rotatable bonds is 6. The van der Waals surface area contributed by atoms with Crippen LogP contribution in [0, 0.1) is 11.3 Å². The highest BCUT2D eigenvalue weighted by Gasteiger charge is 2.45. The van der Waals surface area contributed by atoms with Gasteiger partial charge in [-0.15, -0.1) is 0 Å². The van der Waals surface area contributed by atoms with Crippen molar-refractivity contribution in [2.45, 2.75) is 26.7 Å². The van der Waals surface area contributed by atoms with Crippen LogP contribution in [0.4, 0.5) is 0 Å². The first-order chi connectivity index (χ1) is 7.72. The molecule has 0 unspecified atom stereocenters. The van der Waals surface area contributed by atoms with E-state index in [1.165, 1.54) is 6.26 Å². The molecule has 1 rings (SSSR count). The van der Waals surface area contributed by atoms with Gasteiger partial charge in [0, 0.05) is 24.8 Å². The van der Waals surface area contributed by atoms with E-state index < -0.39 is 9.84 Å². The molecule has 0 radical (unpaired) electrons. The van der Waals surface area contributed by atoms with Crippen LogP contribution in [0.1, 0.15) is 26.7 Å². The zero-order valence-corrected chi connectivity index (χ0v) is 11.7. The SMILES string of the molecule is CC(C)CNC(N)=NCC1(CS(C)(=O)=O)CC1. The lowest BCUT2D eigenvalue weighted by molar-refractivity contribution is 0.550. The molecule has 0 heterocycles. The summed E-state index contributed by atoms with van der Waals surface area (Å²) in [5, 5.41) is 3.02.